The Morgan fingerprint density at radius 2 is 1.48 bits per heavy atom. The molecule has 0 bridgehead atoms. The largest absolute Gasteiger partial charge is 0.326 e. The van der Waals surface area contributed by atoms with Crippen LogP contribution in [0.25, 0.3) is 0 Å². The van der Waals surface area contributed by atoms with Crippen molar-refractivity contribution in [1.82, 2.24) is 0 Å². The van der Waals surface area contributed by atoms with Gasteiger partial charge in [-0.15, -0.1) is 0 Å². The average molecular weight is 360 g/mol. The van der Waals surface area contributed by atoms with Crippen LogP contribution in [0.5, 0.6) is 0 Å². The fourth-order valence-electron chi connectivity index (χ4n) is 2.34. The van der Waals surface area contributed by atoms with E-state index in [1.807, 2.05) is 0 Å². The molecule has 0 heterocycles. The van der Waals surface area contributed by atoms with Crippen LogP contribution in [0.4, 0.5) is 11.4 Å². The molecule has 0 saturated carbocycles. The zero-order valence-corrected chi connectivity index (χ0v) is 14.9. The van der Waals surface area contributed by atoms with E-state index < -0.39 is 15.7 Å². The highest BCUT2D eigenvalue weighted by Gasteiger charge is 2.21. The molecule has 0 aliphatic carbocycles. The number of nitrogens with one attached hydrogen (secondary N) is 2. The molecule has 0 fully saturated rings. The van der Waals surface area contributed by atoms with Crippen LogP contribution in [0.3, 0.4) is 0 Å². The fraction of sp³-hybridized carbons (Fsp3) is 0.222. The van der Waals surface area contributed by atoms with Crippen molar-refractivity contribution in [3.63, 3.8) is 0 Å². The van der Waals surface area contributed by atoms with Crippen LogP contribution in [0, 0.1) is 0 Å². The zero-order chi connectivity index (χ0) is 18.4. The van der Waals surface area contributed by atoms with Crippen molar-refractivity contribution in [3.8, 4) is 0 Å². The molecule has 25 heavy (non-hydrogen) atoms. The molecule has 2 aromatic carbocycles. The van der Waals surface area contributed by atoms with Crippen molar-refractivity contribution in [1.29, 1.82) is 0 Å². The average Bonchev–Trinajstić information content (AvgIpc) is 2.56. The third kappa shape index (κ3) is 4.90. The van der Waals surface area contributed by atoms with E-state index >= 15 is 0 Å². The minimum Gasteiger partial charge on any atom is -0.326 e. The van der Waals surface area contributed by atoms with E-state index in [9.17, 15) is 18.0 Å². The second-order valence-electron chi connectivity index (χ2n) is 5.53. The standard InChI is InChI=1S/C18H20N2O4S/c1-3-12-25(23,24)17-7-5-4-6-16(17)18(22)20-15-10-8-14(9-11-15)19-13(2)21/h4-11H,3,12H2,1-2H3,(H,19,21)(H,20,22). The number of sulfone groups is 1. The summed E-state index contributed by atoms with van der Waals surface area (Å²) in [5.74, 6) is -0.697. The lowest BCUT2D eigenvalue weighted by Gasteiger charge is -2.11. The third-order valence-corrected chi connectivity index (χ3v) is 5.37. The van der Waals surface area contributed by atoms with Gasteiger partial charge in [0.25, 0.3) is 5.91 Å². The molecule has 0 aromatic heterocycles. The predicted octanol–water partition coefficient (Wildman–Crippen LogP) is 3.08. The van der Waals surface area contributed by atoms with Crippen LogP contribution in [-0.2, 0) is 14.6 Å². The molecular weight excluding hydrogens is 340 g/mol. The van der Waals surface area contributed by atoms with Gasteiger partial charge in [-0.3, -0.25) is 9.59 Å². The molecule has 2 aromatic rings. The van der Waals surface area contributed by atoms with E-state index in [1.54, 1.807) is 43.3 Å². The fourth-order valence-corrected chi connectivity index (χ4v) is 3.88. The molecule has 132 valence electrons. The first-order valence-electron chi connectivity index (χ1n) is 7.84. The maximum Gasteiger partial charge on any atom is 0.256 e. The Kier molecular flexibility index (Phi) is 5.93. The highest BCUT2D eigenvalue weighted by molar-refractivity contribution is 7.91. The Balaban J connectivity index is 2.23. The lowest BCUT2D eigenvalue weighted by atomic mass is 10.2. The highest BCUT2D eigenvalue weighted by Crippen LogP contribution is 2.20. The lowest BCUT2D eigenvalue weighted by molar-refractivity contribution is -0.114. The van der Waals surface area contributed by atoms with Crippen molar-refractivity contribution in [2.24, 2.45) is 0 Å². The van der Waals surface area contributed by atoms with Gasteiger partial charge in [0.15, 0.2) is 9.84 Å². The van der Waals surface area contributed by atoms with E-state index in [2.05, 4.69) is 10.6 Å². The first kappa shape index (κ1) is 18.7. The summed E-state index contributed by atoms with van der Waals surface area (Å²) >= 11 is 0. The molecule has 0 aliphatic rings. The molecule has 0 atom stereocenters. The molecule has 2 amide bonds. The minimum atomic E-state index is -3.51. The summed E-state index contributed by atoms with van der Waals surface area (Å²) in [4.78, 5) is 23.5. The van der Waals surface area contributed by atoms with E-state index in [0.717, 1.165) is 0 Å². The van der Waals surface area contributed by atoms with Gasteiger partial charge in [-0.1, -0.05) is 19.1 Å². The van der Waals surface area contributed by atoms with Crippen molar-refractivity contribution in [2.75, 3.05) is 16.4 Å². The second-order valence-corrected chi connectivity index (χ2v) is 7.61. The van der Waals surface area contributed by atoms with Gasteiger partial charge < -0.3 is 10.6 Å². The summed E-state index contributed by atoms with van der Waals surface area (Å²) in [6.07, 6.45) is 0.475. The van der Waals surface area contributed by atoms with E-state index in [1.165, 1.54) is 19.1 Å². The van der Waals surface area contributed by atoms with Gasteiger partial charge in [0.1, 0.15) is 0 Å². The Bertz CT molecular complexity index is 874. The number of anilines is 2. The van der Waals surface area contributed by atoms with E-state index in [4.69, 9.17) is 0 Å². The van der Waals surface area contributed by atoms with Gasteiger partial charge >= 0.3 is 0 Å². The number of hydrogen-bond acceptors (Lipinski definition) is 4. The molecule has 0 spiro atoms. The van der Waals surface area contributed by atoms with Crippen LogP contribution < -0.4 is 10.6 Å². The summed E-state index contributed by atoms with van der Waals surface area (Å²) in [6, 6.07) is 12.7. The quantitative estimate of drug-likeness (QED) is 0.828. The third-order valence-electron chi connectivity index (χ3n) is 3.40. The summed E-state index contributed by atoms with van der Waals surface area (Å²) in [7, 11) is -3.51. The molecule has 0 saturated heterocycles. The van der Waals surface area contributed by atoms with Gasteiger partial charge in [-0.25, -0.2) is 8.42 Å². The van der Waals surface area contributed by atoms with Crippen molar-refractivity contribution >= 4 is 33.0 Å². The van der Waals surface area contributed by atoms with Crippen LogP contribution >= 0.6 is 0 Å². The Hall–Kier alpha value is -2.67. The molecule has 7 heteroatoms. The molecule has 0 radical (unpaired) electrons. The lowest BCUT2D eigenvalue weighted by Crippen LogP contribution is -2.17. The molecule has 0 unspecified atom stereocenters. The summed E-state index contributed by atoms with van der Waals surface area (Å²) < 4.78 is 24.7. The van der Waals surface area contributed by atoms with Crippen LogP contribution in [0.2, 0.25) is 0 Å². The minimum absolute atomic E-state index is 0.0112. The van der Waals surface area contributed by atoms with Crippen molar-refractivity contribution in [2.45, 2.75) is 25.2 Å². The van der Waals surface area contributed by atoms with Gasteiger partial charge in [0, 0.05) is 18.3 Å². The van der Waals surface area contributed by atoms with Gasteiger partial charge in [0.05, 0.1) is 16.2 Å². The normalized spacial score (nSPS) is 11.0. The van der Waals surface area contributed by atoms with Gasteiger partial charge in [-0.05, 0) is 42.8 Å². The van der Waals surface area contributed by atoms with Crippen LogP contribution in [0.1, 0.15) is 30.6 Å². The Labute approximate surface area is 147 Å². The van der Waals surface area contributed by atoms with Crippen LogP contribution in [0.15, 0.2) is 53.4 Å². The zero-order valence-electron chi connectivity index (χ0n) is 14.1. The smallest absolute Gasteiger partial charge is 0.256 e. The molecule has 6 nitrogen and oxygen atoms in total. The first-order chi connectivity index (χ1) is 11.8. The predicted molar refractivity (Wildman–Crippen MR) is 97.5 cm³/mol. The number of benzene rings is 2. The van der Waals surface area contributed by atoms with Crippen molar-refractivity contribution in [3.05, 3.63) is 54.1 Å². The summed E-state index contributed by atoms with van der Waals surface area (Å²) in [5, 5.41) is 5.31. The number of carbonyl (C=O) groups excluding carboxylic acids is 2. The maximum absolute atomic E-state index is 12.5. The monoisotopic (exact) mass is 360 g/mol. The number of carbonyl (C=O) groups is 2. The topological polar surface area (TPSA) is 92.3 Å². The van der Waals surface area contributed by atoms with Crippen LogP contribution in [-0.4, -0.2) is 26.0 Å². The number of amides is 2. The molecule has 2 N–H and O–H groups in total. The second kappa shape index (κ2) is 7.94. The maximum atomic E-state index is 12.5. The van der Waals surface area contributed by atoms with Gasteiger partial charge in [0.2, 0.25) is 5.91 Å². The molecule has 0 aliphatic heterocycles. The molecule has 2 rings (SSSR count). The summed E-state index contributed by atoms with van der Waals surface area (Å²) in [5.41, 5.74) is 1.22. The molecular formula is C18H20N2O4S. The van der Waals surface area contributed by atoms with Gasteiger partial charge in [-0.2, -0.15) is 0 Å². The number of rotatable bonds is 6. The van der Waals surface area contributed by atoms with E-state index in [0.29, 0.717) is 17.8 Å². The Morgan fingerprint density at radius 1 is 0.920 bits per heavy atom. The SMILES string of the molecule is CCCS(=O)(=O)c1ccccc1C(=O)Nc1ccc(NC(C)=O)cc1. The highest BCUT2D eigenvalue weighted by atomic mass is 32.2. The Morgan fingerprint density at radius 3 is 2.04 bits per heavy atom. The number of hydrogen-bond donors (Lipinski definition) is 2. The van der Waals surface area contributed by atoms with Crippen molar-refractivity contribution < 1.29 is 18.0 Å². The van der Waals surface area contributed by atoms with E-state index in [-0.39, 0.29) is 22.1 Å². The summed E-state index contributed by atoms with van der Waals surface area (Å²) in [6.45, 7) is 3.18. The first-order valence-corrected chi connectivity index (χ1v) is 9.49.